The molecular weight excluding hydrogens is 250 g/mol. The number of ether oxygens (including phenoxy) is 1. The number of hydrogen-bond acceptors (Lipinski definition) is 7. The van der Waals surface area contributed by atoms with Crippen LogP contribution in [0.4, 0.5) is 17.5 Å². The van der Waals surface area contributed by atoms with Gasteiger partial charge in [-0.2, -0.15) is 4.98 Å². The molecule has 0 bridgehead atoms. The largest absolute Gasteiger partial charge is 0.377 e. The summed E-state index contributed by atoms with van der Waals surface area (Å²) in [7, 11) is 1.68. The Morgan fingerprint density at radius 1 is 1.68 bits per heavy atom. The molecule has 0 radical (unpaired) electrons. The van der Waals surface area contributed by atoms with Crippen LogP contribution in [0.2, 0.25) is 0 Å². The number of nitrogens with one attached hydrogen (secondary N) is 1. The molecule has 1 N–H and O–H groups in total. The Balaban J connectivity index is 2.42. The average molecular weight is 267 g/mol. The summed E-state index contributed by atoms with van der Waals surface area (Å²) in [4.78, 5) is 20.7. The number of anilines is 2. The van der Waals surface area contributed by atoms with Gasteiger partial charge in [0.1, 0.15) is 6.20 Å². The minimum Gasteiger partial charge on any atom is -0.377 e. The summed E-state index contributed by atoms with van der Waals surface area (Å²) in [6.07, 6.45) is 2.09. The normalized spacial score (nSPS) is 19.3. The SMILES string of the molecule is CCC1COCCN1c1nc(NC)ncc1[N+](=O)[O-]. The van der Waals surface area contributed by atoms with Gasteiger partial charge in [-0.1, -0.05) is 6.92 Å². The van der Waals surface area contributed by atoms with Gasteiger partial charge in [-0.15, -0.1) is 0 Å². The Morgan fingerprint density at radius 2 is 2.47 bits per heavy atom. The maximum absolute atomic E-state index is 11.1. The summed E-state index contributed by atoms with van der Waals surface area (Å²) in [6, 6.07) is 0.104. The molecule has 104 valence electrons. The molecule has 0 aliphatic carbocycles. The Hall–Kier alpha value is -1.96. The van der Waals surface area contributed by atoms with E-state index in [9.17, 15) is 10.1 Å². The van der Waals surface area contributed by atoms with Gasteiger partial charge in [-0.25, -0.2) is 4.98 Å². The molecular formula is C11H17N5O3. The molecule has 8 nitrogen and oxygen atoms in total. The lowest BCUT2D eigenvalue weighted by molar-refractivity contribution is -0.384. The van der Waals surface area contributed by atoms with Crippen molar-refractivity contribution in [1.82, 2.24) is 9.97 Å². The molecule has 1 aromatic rings. The highest BCUT2D eigenvalue weighted by Crippen LogP contribution is 2.29. The van der Waals surface area contributed by atoms with Crippen molar-refractivity contribution in [2.75, 3.05) is 37.0 Å². The van der Waals surface area contributed by atoms with Crippen LogP contribution in [-0.4, -0.2) is 47.7 Å². The predicted octanol–water partition coefficient (Wildman–Crippen LogP) is 1.04. The molecule has 1 aromatic heterocycles. The molecule has 1 fully saturated rings. The highest BCUT2D eigenvalue weighted by molar-refractivity contribution is 5.59. The molecule has 0 spiro atoms. The lowest BCUT2D eigenvalue weighted by Gasteiger charge is -2.35. The van der Waals surface area contributed by atoms with Crippen molar-refractivity contribution in [1.29, 1.82) is 0 Å². The van der Waals surface area contributed by atoms with E-state index >= 15 is 0 Å². The minimum atomic E-state index is -0.447. The van der Waals surface area contributed by atoms with E-state index in [4.69, 9.17) is 4.74 Å². The quantitative estimate of drug-likeness (QED) is 0.643. The third-order valence-electron chi connectivity index (χ3n) is 3.14. The van der Waals surface area contributed by atoms with Crippen LogP contribution in [-0.2, 0) is 4.74 Å². The van der Waals surface area contributed by atoms with Crippen molar-refractivity contribution in [3.05, 3.63) is 16.3 Å². The van der Waals surface area contributed by atoms with Crippen molar-refractivity contribution in [2.45, 2.75) is 19.4 Å². The molecule has 8 heteroatoms. The molecule has 19 heavy (non-hydrogen) atoms. The highest BCUT2D eigenvalue weighted by Gasteiger charge is 2.29. The number of morpholine rings is 1. The number of hydrogen-bond donors (Lipinski definition) is 1. The molecule has 1 aliphatic heterocycles. The smallest absolute Gasteiger partial charge is 0.329 e. The number of aromatic nitrogens is 2. The van der Waals surface area contributed by atoms with Crippen LogP contribution >= 0.6 is 0 Å². The van der Waals surface area contributed by atoms with Crippen LogP contribution in [0.1, 0.15) is 13.3 Å². The van der Waals surface area contributed by atoms with E-state index in [1.165, 1.54) is 6.20 Å². The van der Waals surface area contributed by atoms with Gasteiger partial charge in [0.15, 0.2) is 0 Å². The third-order valence-corrected chi connectivity index (χ3v) is 3.14. The minimum absolute atomic E-state index is 0.0700. The highest BCUT2D eigenvalue weighted by atomic mass is 16.6. The molecule has 2 rings (SSSR count). The van der Waals surface area contributed by atoms with Gasteiger partial charge in [0.25, 0.3) is 0 Å². The first-order valence-corrected chi connectivity index (χ1v) is 6.21. The zero-order valence-corrected chi connectivity index (χ0v) is 11.0. The summed E-state index contributed by atoms with van der Waals surface area (Å²) in [5.74, 6) is 0.737. The Morgan fingerprint density at radius 3 is 3.11 bits per heavy atom. The van der Waals surface area contributed by atoms with Crippen molar-refractivity contribution in [2.24, 2.45) is 0 Å². The van der Waals surface area contributed by atoms with Crippen molar-refractivity contribution >= 4 is 17.5 Å². The Labute approximate surface area is 110 Å². The van der Waals surface area contributed by atoms with E-state index in [0.29, 0.717) is 31.5 Å². The van der Waals surface area contributed by atoms with E-state index in [1.54, 1.807) is 7.05 Å². The van der Waals surface area contributed by atoms with Gasteiger partial charge >= 0.3 is 5.69 Å². The van der Waals surface area contributed by atoms with Gasteiger partial charge in [0.2, 0.25) is 11.8 Å². The molecule has 1 atom stereocenters. The topological polar surface area (TPSA) is 93.4 Å². The maximum Gasteiger partial charge on any atom is 0.329 e. The van der Waals surface area contributed by atoms with Crippen LogP contribution in [0.3, 0.4) is 0 Å². The number of rotatable bonds is 4. The van der Waals surface area contributed by atoms with Crippen molar-refractivity contribution in [3.63, 3.8) is 0 Å². The number of nitrogens with zero attached hydrogens (tertiary/aromatic N) is 4. The standard InChI is InChI=1S/C11H17N5O3/c1-3-8-7-19-5-4-15(8)10-9(16(17)18)6-13-11(12-2)14-10/h6,8H,3-5,7H2,1-2H3,(H,12,13,14). The first kappa shape index (κ1) is 13.5. The van der Waals surface area contributed by atoms with E-state index in [0.717, 1.165) is 6.42 Å². The zero-order chi connectivity index (χ0) is 13.8. The van der Waals surface area contributed by atoms with E-state index in [2.05, 4.69) is 15.3 Å². The van der Waals surface area contributed by atoms with Gasteiger partial charge in [-0.3, -0.25) is 10.1 Å². The predicted molar refractivity (Wildman–Crippen MR) is 70.5 cm³/mol. The lowest BCUT2D eigenvalue weighted by Crippen LogP contribution is -2.46. The molecule has 0 amide bonds. The van der Waals surface area contributed by atoms with Crippen LogP contribution in [0.25, 0.3) is 0 Å². The molecule has 1 unspecified atom stereocenters. The number of nitro groups is 1. The fraction of sp³-hybridized carbons (Fsp3) is 0.636. The fourth-order valence-electron chi connectivity index (χ4n) is 2.10. The first-order valence-electron chi connectivity index (χ1n) is 6.21. The van der Waals surface area contributed by atoms with E-state index < -0.39 is 4.92 Å². The first-order chi connectivity index (χ1) is 9.17. The molecule has 0 saturated carbocycles. The fourth-order valence-corrected chi connectivity index (χ4v) is 2.10. The van der Waals surface area contributed by atoms with Crippen molar-refractivity contribution in [3.8, 4) is 0 Å². The van der Waals surface area contributed by atoms with Crippen LogP contribution in [0.5, 0.6) is 0 Å². The third kappa shape index (κ3) is 2.73. The van der Waals surface area contributed by atoms with Crippen LogP contribution in [0.15, 0.2) is 6.20 Å². The molecule has 1 saturated heterocycles. The zero-order valence-electron chi connectivity index (χ0n) is 11.0. The van der Waals surface area contributed by atoms with Gasteiger partial charge in [0.05, 0.1) is 24.2 Å². The second-order valence-electron chi connectivity index (χ2n) is 4.24. The van der Waals surface area contributed by atoms with Gasteiger partial charge in [-0.05, 0) is 6.42 Å². The summed E-state index contributed by atoms with van der Waals surface area (Å²) in [6.45, 7) is 3.73. The van der Waals surface area contributed by atoms with Crippen molar-refractivity contribution < 1.29 is 9.66 Å². The van der Waals surface area contributed by atoms with Gasteiger partial charge < -0.3 is 15.0 Å². The van der Waals surface area contributed by atoms with Gasteiger partial charge in [0, 0.05) is 13.6 Å². The Bertz CT molecular complexity index is 468. The summed E-state index contributed by atoms with van der Waals surface area (Å²) >= 11 is 0. The Kier molecular flexibility index (Phi) is 4.10. The van der Waals surface area contributed by atoms with Crippen LogP contribution < -0.4 is 10.2 Å². The van der Waals surface area contributed by atoms with E-state index in [1.807, 2.05) is 11.8 Å². The second kappa shape index (κ2) is 5.79. The lowest BCUT2D eigenvalue weighted by atomic mass is 10.1. The average Bonchev–Trinajstić information content (AvgIpc) is 2.46. The summed E-state index contributed by atoms with van der Waals surface area (Å²) in [5, 5.41) is 13.9. The molecule has 1 aliphatic rings. The van der Waals surface area contributed by atoms with E-state index in [-0.39, 0.29) is 11.7 Å². The summed E-state index contributed by atoms with van der Waals surface area (Å²) < 4.78 is 5.41. The monoisotopic (exact) mass is 267 g/mol. The molecule has 2 heterocycles. The summed E-state index contributed by atoms with van der Waals surface area (Å²) in [5.41, 5.74) is -0.0700. The maximum atomic E-state index is 11.1. The molecule has 0 aromatic carbocycles. The second-order valence-corrected chi connectivity index (χ2v) is 4.24. The van der Waals surface area contributed by atoms with Crippen LogP contribution in [0, 0.1) is 10.1 Å².